The van der Waals surface area contributed by atoms with Crippen LogP contribution in [0.3, 0.4) is 0 Å². The average molecular weight is 618 g/mol. The summed E-state index contributed by atoms with van der Waals surface area (Å²) in [5.41, 5.74) is 10.6. The van der Waals surface area contributed by atoms with E-state index in [2.05, 4.69) is 5.32 Å². The molecule has 0 bridgehead atoms. The van der Waals surface area contributed by atoms with E-state index in [4.69, 9.17) is 29.3 Å². The molecule has 7 rings (SSSR count). The number of rotatable bonds is 6. The summed E-state index contributed by atoms with van der Waals surface area (Å²) in [7, 11) is 0. The van der Waals surface area contributed by atoms with E-state index in [1.165, 1.54) is 24.5 Å². The lowest BCUT2D eigenvalue weighted by Gasteiger charge is -2.11. The smallest absolute Gasteiger partial charge is 0.324 e. The second-order valence-corrected chi connectivity index (χ2v) is 10.9. The molecule has 0 saturated carbocycles. The standard InChI is InChI=1S/C17H16BNO5.C16H12BNO4/c1-10(20)23-16-8-13(3-5-14(16)17(19)21)24-12-4-6-15-11(7-12)9-22-18(15)2;1-17-14-5-3-10(6-9(14)8-21-17)22-11-2-4-12-13(7-11)16(20)18-15(12)19/h3-8H,9H2,1-2H3,(H2,19,21);2-7H,8H2,1H3,(H,18,19,20). The fourth-order valence-electron chi connectivity index (χ4n) is 5.44. The monoisotopic (exact) mass is 618 g/mol. The van der Waals surface area contributed by atoms with Gasteiger partial charge < -0.3 is 29.3 Å². The Morgan fingerprint density at radius 1 is 0.717 bits per heavy atom. The molecule has 0 spiro atoms. The number of hydrogen-bond acceptors (Lipinski definition) is 9. The van der Waals surface area contributed by atoms with Gasteiger partial charge in [0.05, 0.1) is 29.9 Å². The zero-order chi connectivity index (χ0) is 32.5. The van der Waals surface area contributed by atoms with Crippen molar-refractivity contribution in [3.63, 3.8) is 0 Å². The topological polar surface area (TPSA) is 152 Å². The first-order chi connectivity index (χ1) is 22.0. The van der Waals surface area contributed by atoms with Crippen LogP contribution in [0, 0.1) is 0 Å². The number of benzene rings is 4. The zero-order valence-corrected chi connectivity index (χ0v) is 25.2. The number of carbonyl (C=O) groups is 4. The minimum Gasteiger partial charge on any atom is -0.457 e. The number of fused-ring (bicyclic) bond motifs is 3. The third-order valence-corrected chi connectivity index (χ3v) is 7.73. The van der Waals surface area contributed by atoms with Crippen LogP contribution >= 0.6 is 0 Å². The van der Waals surface area contributed by atoms with Gasteiger partial charge in [-0.15, -0.1) is 0 Å². The van der Waals surface area contributed by atoms with Crippen molar-refractivity contribution in [3.8, 4) is 28.7 Å². The summed E-state index contributed by atoms with van der Waals surface area (Å²) < 4.78 is 27.8. The average Bonchev–Trinajstić information content (AvgIpc) is 3.66. The molecular weight excluding hydrogens is 590 g/mol. The lowest BCUT2D eigenvalue weighted by atomic mass is 9.64. The van der Waals surface area contributed by atoms with Crippen molar-refractivity contribution in [1.29, 1.82) is 0 Å². The predicted molar refractivity (Wildman–Crippen MR) is 170 cm³/mol. The van der Waals surface area contributed by atoms with Crippen LogP contribution in [0.5, 0.6) is 28.7 Å². The highest BCUT2D eigenvalue weighted by Gasteiger charge is 2.28. The number of primary amides is 1. The molecule has 230 valence electrons. The third kappa shape index (κ3) is 6.37. The van der Waals surface area contributed by atoms with Gasteiger partial charge in [-0.25, -0.2) is 0 Å². The first kappa shape index (κ1) is 30.6. The maximum atomic E-state index is 11.7. The summed E-state index contributed by atoms with van der Waals surface area (Å²) >= 11 is 0. The summed E-state index contributed by atoms with van der Waals surface area (Å²) in [5, 5.41) is 2.26. The van der Waals surface area contributed by atoms with E-state index < -0.39 is 11.9 Å². The molecule has 3 aliphatic rings. The van der Waals surface area contributed by atoms with Gasteiger partial charge in [-0.1, -0.05) is 25.8 Å². The first-order valence-electron chi connectivity index (χ1n) is 14.5. The predicted octanol–water partition coefficient (Wildman–Crippen LogP) is 3.58. The Hall–Kier alpha value is -5.39. The van der Waals surface area contributed by atoms with Gasteiger partial charge >= 0.3 is 19.8 Å². The number of amides is 3. The normalized spacial score (nSPS) is 14.1. The number of imide groups is 1. The van der Waals surface area contributed by atoms with Crippen LogP contribution in [0.1, 0.15) is 49.1 Å². The Bertz CT molecular complexity index is 1910. The van der Waals surface area contributed by atoms with Gasteiger partial charge in [0.2, 0.25) is 0 Å². The first-order valence-corrected chi connectivity index (χ1v) is 14.5. The lowest BCUT2D eigenvalue weighted by Crippen LogP contribution is -2.23. The van der Waals surface area contributed by atoms with Gasteiger partial charge in [-0.3, -0.25) is 24.5 Å². The van der Waals surface area contributed by atoms with E-state index in [-0.39, 0.29) is 37.0 Å². The quantitative estimate of drug-likeness (QED) is 0.143. The van der Waals surface area contributed by atoms with Crippen molar-refractivity contribution in [2.45, 2.75) is 33.8 Å². The maximum Gasteiger partial charge on any atom is 0.324 e. The van der Waals surface area contributed by atoms with Crippen molar-refractivity contribution in [2.24, 2.45) is 5.73 Å². The van der Waals surface area contributed by atoms with Crippen LogP contribution in [0.4, 0.5) is 0 Å². The maximum absolute atomic E-state index is 11.7. The number of nitrogens with one attached hydrogen (secondary N) is 1. The number of hydrogen-bond donors (Lipinski definition) is 2. The molecule has 3 N–H and O–H groups in total. The number of nitrogens with two attached hydrogens (primary N) is 1. The van der Waals surface area contributed by atoms with Crippen LogP contribution in [0.2, 0.25) is 13.6 Å². The molecule has 3 heterocycles. The summed E-state index contributed by atoms with van der Waals surface area (Å²) in [5.74, 6) is 0.370. The number of carbonyl (C=O) groups excluding carboxylic acids is 4. The van der Waals surface area contributed by atoms with Gasteiger partial charge in [0.1, 0.15) is 28.7 Å². The van der Waals surface area contributed by atoms with Gasteiger partial charge in [-0.05, 0) is 76.6 Å². The van der Waals surface area contributed by atoms with E-state index in [0.29, 0.717) is 47.3 Å². The largest absolute Gasteiger partial charge is 0.457 e. The van der Waals surface area contributed by atoms with Crippen molar-refractivity contribution in [1.82, 2.24) is 5.32 Å². The minimum absolute atomic E-state index is 0.0746. The van der Waals surface area contributed by atoms with Crippen LogP contribution in [-0.2, 0) is 27.3 Å². The molecule has 0 unspecified atom stereocenters. The molecular formula is C33H28B2N2O9. The molecule has 0 aromatic heterocycles. The van der Waals surface area contributed by atoms with Gasteiger partial charge in [0, 0.05) is 13.0 Å². The van der Waals surface area contributed by atoms with E-state index in [0.717, 1.165) is 16.6 Å². The fourth-order valence-corrected chi connectivity index (χ4v) is 5.44. The third-order valence-electron chi connectivity index (χ3n) is 7.73. The molecule has 4 aromatic rings. The summed E-state index contributed by atoms with van der Waals surface area (Å²) in [6.45, 7) is 6.59. The van der Waals surface area contributed by atoms with Crippen LogP contribution in [0.15, 0.2) is 72.8 Å². The van der Waals surface area contributed by atoms with E-state index >= 15 is 0 Å². The molecule has 0 radical (unpaired) electrons. The fraction of sp³-hybridized carbons (Fsp3) is 0.152. The SMILES string of the molecule is CB1OCc2cc(Oc3ccc(C(N)=O)c(OC(C)=O)c3)ccc21.CB1OCc2cc(Oc3ccc4c(c3)C(=O)NC4=O)ccc21. The Morgan fingerprint density at radius 3 is 1.78 bits per heavy atom. The molecule has 13 heteroatoms. The summed E-state index contributed by atoms with van der Waals surface area (Å²) in [6.07, 6.45) is 0. The van der Waals surface area contributed by atoms with Crippen LogP contribution in [0.25, 0.3) is 0 Å². The molecule has 46 heavy (non-hydrogen) atoms. The molecule has 3 amide bonds. The Labute approximate surface area is 265 Å². The molecule has 0 fully saturated rings. The number of ether oxygens (including phenoxy) is 3. The van der Waals surface area contributed by atoms with Crippen molar-refractivity contribution >= 4 is 48.4 Å². The Kier molecular flexibility index (Phi) is 8.35. The summed E-state index contributed by atoms with van der Waals surface area (Å²) in [6, 6.07) is 20.9. The Balaban J connectivity index is 0.000000162. The molecule has 11 nitrogen and oxygen atoms in total. The number of esters is 1. The minimum atomic E-state index is -0.679. The summed E-state index contributed by atoms with van der Waals surface area (Å²) in [4.78, 5) is 45.8. The molecule has 0 saturated heterocycles. The molecule has 0 atom stereocenters. The molecule has 0 aliphatic carbocycles. The Morgan fingerprint density at radius 2 is 1.22 bits per heavy atom. The highest BCUT2D eigenvalue weighted by molar-refractivity contribution is 6.67. The van der Waals surface area contributed by atoms with E-state index in [1.807, 2.05) is 50.0 Å². The zero-order valence-electron chi connectivity index (χ0n) is 25.2. The van der Waals surface area contributed by atoms with Gasteiger partial charge in [0.25, 0.3) is 17.7 Å². The van der Waals surface area contributed by atoms with E-state index in [9.17, 15) is 19.2 Å². The highest BCUT2D eigenvalue weighted by Crippen LogP contribution is 2.30. The van der Waals surface area contributed by atoms with Crippen molar-refractivity contribution in [2.75, 3.05) is 0 Å². The van der Waals surface area contributed by atoms with E-state index in [1.54, 1.807) is 24.3 Å². The second kappa shape index (κ2) is 12.5. The lowest BCUT2D eigenvalue weighted by molar-refractivity contribution is -0.131. The molecule has 3 aliphatic heterocycles. The second-order valence-electron chi connectivity index (χ2n) is 10.9. The van der Waals surface area contributed by atoms with Crippen molar-refractivity contribution in [3.05, 3.63) is 101 Å². The molecule has 4 aromatic carbocycles. The van der Waals surface area contributed by atoms with Gasteiger partial charge in [0.15, 0.2) is 0 Å². The van der Waals surface area contributed by atoms with Crippen molar-refractivity contribution < 1.29 is 42.7 Å². The van der Waals surface area contributed by atoms with Crippen LogP contribution < -0.4 is 36.2 Å². The highest BCUT2D eigenvalue weighted by atomic mass is 16.5. The van der Waals surface area contributed by atoms with Gasteiger partial charge in [-0.2, -0.15) is 0 Å². The van der Waals surface area contributed by atoms with Crippen LogP contribution in [-0.4, -0.2) is 37.5 Å².